The molecular weight excluding hydrogens is 250 g/mol. The van der Waals surface area contributed by atoms with Gasteiger partial charge in [0.1, 0.15) is 0 Å². The molecule has 4 nitrogen and oxygen atoms in total. The van der Waals surface area contributed by atoms with Gasteiger partial charge in [0.05, 0.1) is 5.75 Å². The highest BCUT2D eigenvalue weighted by Crippen LogP contribution is 2.06. The van der Waals surface area contributed by atoms with Crippen LogP contribution in [0.2, 0.25) is 0 Å². The molecule has 0 saturated carbocycles. The topological polar surface area (TPSA) is 46.6 Å². The number of methoxy groups -OCH3 is 1. The van der Waals surface area contributed by atoms with E-state index < -0.39 is 10.0 Å². The van der Waals surface area contributed by atoms with Crippen molar-refractivity contribution in [3.63, 3.8) is 0 Å². The van der Waals surface area contributed by atoms with E-state index in [1.54, 1.807) is 7.11 Å². The fourth-order valence-electron chi connectivity index (χ4n) is 1.33. The molecule has 0 N–H and O–H groups in total. The maximum Gasteiger partial charge on any atom is 0.214 e. The number of nitrogens with zero attached hydrogens (tertiary/aromatic N) is 1. The van der Waals surface area contributed by atoms with Crippen molar-refractivity contribution < 1.29 is 13.2 Å². The lowest BCUT2D eigenvalue weighted by Gasteiger charge is -2.20. The van der Waals surface area contributed by atoms with Crippen LogP contribution in [0.4, 0.5) is 0 Å². The maximum absolute atomic E-state index is 11.9. The Labute approximate surface area is 104 Å². The van der Waals surface area contributed by atoms with Crippen molar-refractivity contribution in [1.82, 2.24) is 4.31 Å². The molecule has 0 aromatic rings. The second-order valence-electron chi connectivity index (χ2n) is 3.60. The highest BCUT2D eigenvalue weighted by atomic mass is 35.5. The number of ether oxygens (including phenoxy) is 1. The zero-order valence-corrected chi connectivity index (χ0v) is 11.7. The molecule has 0 heterocycles. The lowest BCUT2D eigenvalue weighted by atomic mass is 10.3. The first-order valence-corrected chi connectivity index (χ1v) is 7.75. The average molecular weight is 272 g/mol. The van der Waals surface area contributed by atoms with Gasteiger partial charge in [-0.1, -0.05) is 13.3 Å². The summed E-state index contributed by atoms with van der Waals surface area (Å²) in [7, 11) is -1.59. The van der Waals surface area contributed by atoms with Crippen molar-refractivity contribution in [2.24, 2.45) is 0 Å². The second-order valence-corrected chi connectivity index (χ2v) is 6.07. The monoisotopic (exact) mass is 271 g/mol. The lowest BCUT2D eigenvalue weighted by molar-refractivity contribution is 0.199. The predicted molar refractivity (Wildman–Crippen MR) is 67.5 cm³/mol. The van der Waals surface area contributed by atoms with Crippen LogP contribution in [-0.2, 0) is 14.8 Å². The highest BCUT2D eigenvalue weighted by molar-refractivity contribution is 7.89. The van der Waals surface area contributed by atoms with Crippen LogP contribution >= 0.6 is 11.6 Å². The van der Waals surface area contributed by atoms with Gasteiger partial charge in [-0.15, -0.1) is 11.6 Å². The van der Waals surface area contributed by atoms with Gasteiger partial charge in [-0.05, 0) is 12.8 Å². The number of sulfonamides is 1. The summed E-state index contributed by atoms with van der Waals surface area (Å²) in [5.41, 5.74) is 0. The van der Waals surface area contributed by atoms with E-state index in [1.165, 1.54) is 4.31 Å². The Bertz CT molecular complexity index is 257. The van der Waals surface area contributed by atoms with Gasteiger partial charge >= 0.3 is 0 Å². The van der Waals surface area contributed by atoms with Crippen LogP contribution in [0.1, 0.15) is 26.2 Å². The minimum atomic E-state index is -3.16. The number of halogens is 1. The molecule has 0 aromatic heterocycles. The van der Waals surface area contributed by atoms with E-state index in [1.807, 2.05) is 6.92 Å². The molecule has 0 amide bonds. The Hall–Kier alpha value is 0.160. The Balaban J connectivity index is 4.25. The first-order chi connectivity index (χ1) is 7.58. The molecule has 98 valence electrons. The summed E-state index contributed by atoms with van der Waals surface area (Å²) in [5.74, 6) is 0.481. The largest absolute Gasteiger partial charge is 0.385 e. The van der Waals surface area contributed by atoms with Crippen molar-refractivity contribution in [1.29, 1.82) is 0 Å². The van der Waals surface area contributed by atoms with Crippen LogP contribution in [0.15, 0.2) is 0 Å². The van der Waals surface area contributed by atoms with Gasteiger partial charge in [0.15, 0.2) is 0 Å². The fourth-order valence-corrected chi connectivity index (χ4v) is 3.16. The number of hydrogen-bond donors (Lipinski definition) is 0. The van der Waals surface area contributed by atoms with Gasteiger partial charge in [0, 0.05) is 32.7 Å². The van der Waals surface area contributed by atoms with Gasteiger partial charge in [-0.3, -0.25) is 0 Å². The Morgan fingerprint density at radius 3 is 2.44 bits per heavy atom. The minimum absolute atomic E-state index is 0.140. The van der Waals surface area contributed by atoms with Crippen molar-refractivity contribution in [3.05, 3.63) is 0 Å². The fraction of sp³-hybridized carbons (Fsp3) is 1.00. The Morgan fingerprint density at radius 2 is 1.94 bits per heavy atom. The molecule has 0 unspecified atom stereocenters. The number of rotatable bonds is 10. The third-order valence-electron chi connectivity index (χ3n) is 2.24. The molecular formula is C10H22ClNO3S. The molecule has 0 spiro atoms. The summed E-state index contributed by atoms with van der Waals surface area (Å²) in [6, 6.07) is 0. The molecule has 0 atom stereocenters. The molecule has 6 heteroatoms. The number of unbranched alkanes of at least 4 members (excludes halogenated alkanes) is 1. The van der Waals surface area contributed by atoms with E-state index in [2.05, 4.69) is 0 Å². The van der Waals surface area contributed by atoms with Crippen LogP contribution in [0, 0.1) is 0 Å². The van der Waals surface area contributed by atoms with Crippen molar-refractivity contribution >= 4 is 21.6 Å². The zero-order chi connectivity index (χ0) is 12.4. The number of hydrogen-bond acceptors (Lipinski definition) is 3. The normalized spacial score (nSPS) is 12.2. The van der Waals surface area contributed by atoms with Gasteiger partial charge in [0.2, 0.25) is 10.0 Å². The molecule has 16 heavy (non-hydrogen) atoms. The smallest absolute Gasteiger partial charge is 0.214 e. The summed E-state index contributed by atoms with van der Waals surface area (Å²) >= 11 is 5.61. The van der Waals surface area contributed by atoms with Crippen LogP contribution in [0.3, 0.4) is 0 Å². The van der Waals surface area contributed by atoms with Crippen LogP contribution < -0.4 is 0 Å². The molecule has 0 bridgehead atoms. The van der Waals surface area contributed by atoms with Gasteiger partial charge < -0.3 is 4.74 Å². The van der Waals surface area contributed by atoms with Crippen LogP contribution in [0.25, 0.3) is 0 Å². The Kier molecular flexibility index (Phi) is 9.31. The first kappa shape index (κ1) is 16.2. The summed E-state index contributed by atoms with van der Waals surface area (Å²) in [6.45, 7) is 3.48. The standard InChI is InChI=1S/C10H22ClNO3S/c1-3-4-7-12(8-6-11)16(13,14)10-5-9-15-2/h3-10H2,1-2H3. The lowest BCUT2D eigenvalue weighted by Crippen LogP contribution is -2.35. The highest BCUT2D eigenvalue weighted by Gasteiger charge is 2.20. The summed E-state index contributed by atoms with van der Waals surface area (Å²) < 4.78 is 30.2. The molecule has 0 aliphatic rings. The van der Waals surface area contributed by atoms with Gasteiger partial charge in [0.25, 0.3) is 0 Å². The average Bonchev–Trinajstić information content (AvgIpc) is 2.24. The van der Waals surface area contributed by atoms with Crippen molar-refractivity contribution in [2.45, 2.75) is 26.2 Å². The van der Waals surface area contributed by atoms with Crippen LogP contribution in [-0.4, -0.2) is 51.2 Å². The summed E-state index contributed by atoms with van der Waals surface area (Å²) in [4.78, 5) is 0. The Morgan fingerprint density at radius 1 is 1.25 bits per heavy atom. The molecule has 0 aliphatic heterocycles. The van der Waals surface area contributed by atoms with E-state index in [0.29, 0.717) is 32.0 Å². The second kappa shape index (κ2) is 9.22. The zero-order valence-electron chi connectivity index (χ0n) is 10.1. The SMILES string of the molecule is CCCCN(CCCl)S(=O)(=O)CCCOC. The molecule has 0 rings (SSSR count). The molecule has 0 radical (unpaired) electrons. The maximum atomic E-state index is 11.9. The quantitative estimate of drug-likeness (QED) is 0.449. The van der Waals surface area contributed by atoms with Gasteiger partial charge in [-0.2, -0.15) is 0 Å². The van der Waals surface area contributed by atoms with E-state index in [4.69, 9.17) is 16.3 Å². The van der Waals surface area contributed by atoms with E-state index >= 15 is 0 Å². The van der Waals surface area contributed by atoms with Gasteiger partial charge in [-0.25, -0.2) is 12.7 Å². The third kappa shape index (κ3) is 6.68. The van der Waals surface area contributed by atoms with E-state index in [9.17, 15) is 8.42 Å². The van der Waals surface area contributed by atoms with Crippen molar-refractivity contribution in [2.75, 3.05) is 38.4 Å². The summed E-state index contributed by atoms with van der Waals surface area (Å²) in [6.07, 6.45) is 2.39. The number of alkyl halides is 1. The summed E-state index contributed by atoms with van der Waals surface area (Å²) in [5, 5.41) is 0. The van der Waals surface area contributed by atoms with E-state index in [-0.39, 0.29) is 5.75 Å². The van der Waals surface area contributed by atoms with Crippen molar-refractivity contribution in [3.8, 4) is 0 Å². The third-order valence-corrected chi connectivity index (χ3v) is 4.36. The van der Waals surface area contributed by atoms with Crippen LogP contribution in [0.5, 0.6) is 0 Å². The predicted octanol–water partition coefficient (Wildman–Crippen LogP) is 1.69. The first-order valence-electron chi connectivity index (χ1n) is 5.61. The molecule has 0 aliphatic carbocycles. The van der Waals surface area contributed by atoms with E-state index in [0.717, 1.165) is 12.8 Å². The molecule has 0 saturated heterocycles. The molecule has 0 aromatic carbocycles. The molecule has 0 fully saturated rings. The minimum Gasteiger partial charge on any atom is -0.385 e.